The van der Waals surface area contributed by atoms with E-state index in [1.54, 1.807) is 0 Å². The molecule has 0 unspecified atom stereocenters. The quantitative estimate of drug-likeness (QED) is 0.764. The van der Waals surface area contributed by atoms with Gasteiger partial charge in [0, 0.05) is 5.02 Å². The van der Waals surface area contributed by atoms with Crippen molar-refractivity contribution >= 4 is 30.3 Å². The molecular weight excluding hydrogens is 364 g/mol. The lowest BCUT2D eigenvalue weighted by molar-refractivity contribution is 0.00578. The molecule has 0 radical (unpaired) electrons. The van der Waals surface area contributed by atoms with Crippen molar-refractivity contribution in [2.75, 3.05) is 0 Å². The summed E-state index contributed by atoms with van der Waals surface area (Å²) in [5, 5.41) is 3.42. The molecule has 1 fully saturated rings. The maximum absolute atomic E-state index is 12.0. The van der Waals surface area contributed by atoms with Gasteiger partial charge in [0.15, 0.2) is 0 Å². The van der Waals surface area contributed by atoms with Gasteiger partial charge >= 0.3 is 13.2 Å². The molecule has 150 valence electrons. The van der Waals surface area contributed by atoms with E-state index in [0.717, 1.165) is 16.6 Å². The third-order valence-corrected chi connectivity index (χ3v) is 5.67. The van der Waals surface area contributed by atoms with Crippen LogP contribution in [0.1, 0.15) is 72.6 Å². The van der Waals surface area contributed by atoms with Gasteiger partial charge in [-0.3, -0.25) is 0 Å². The summed E-state index contributed by atoms with van der Waals surface area (Å²) in [6, 6.07) is 3.56. The number of hydrogen-bond donors (Lipinski definition) is 1. The van der Waals surface area contributed by atoms with Gasteiger partial charge in [-0.05, 0) is 78.9 Å². The minimum Gasteiger partial charge on any atom is -0.444 e. The molecule has 27 heavy (non-hydrogen) atoms. The summed E-state index contributed by atoms with van der Waals surface area (Å²) in [6.07, 6.45) is -0.473. The number of nitrogens with one attached hydrogen (secondary N) is 1. The Morgan fingerprint density at radius 2 is 1.70 bits per heavy atom. The number of rotatable bonds is 3. The van der Waals surface area contributed by atoms with Crippen LogP contribution in [-0.4, -0.2) is 30.0 Å². The first kappa shape index (κ1) is 22.1. The molecule has 0 bridgehead atoms. The molecular formula is C20H31BClNO4. The van der Waals surface area contributed by atoms with Crippen molar-refractivity contribution in [3.05, 3.63) is 28.3 Å². The van der Waals surface area contributed by atoms with E-state index in [2.05, 4.69) is 5.32 Å². The SMILES string of the molecule is Cc1c(B2OC(C)(C)C(C)(C)O2)ccc([C@@H](C)NC(=O)OC(C)(C)C)c1Cl. The van der Waals surface area contributed by atoms with Crippen molar-refractivity contribution in [2.24, 2.45) is 0 Å². The smallest absolute Gasteiger partial charge is 0.444 e. The molecule has 0 aromatic heterocycles. The highest BCUT2D eigenvalue weighted by molar-refractivity contribution is 6.63. The molecule has 0 spiro atoms. The Hall–Kier alpha value is -1.24. The van der Waals surface area contributed by atoms with Gasteiger partial charge in [0.1, 0.15) is 5.60 Å². The molecule has 1 heterocycles. The molecule has 1 aliphatic heterocycles. The van der Waals surface area contributed by atoms with Crippen LogP contribution in [0.2, 0.25) is 5.02 Å². The average molecular weight is 396 g/mol. The molecule has 5 nitrogen and oxygen atoms in total. The fraction of sp³-hybridized carbons (Fsp3) is 0.650. The van der Waals surface area contributed by atoms with Crippen LogP contribution >= 0.6 is 11.6 Å². The lowest BCUT2D eigenvalue weighted by Gasteiger charge is -2.32. The average Bonchev–Trinajstić information content (AvgIpc) is 2.67. The van der Waals surface area contributed by atoms with Crippen LogP contribution < -0.4 is 10.8 Å². The largest absolute Gasteiger partial charge is 0.495 e. The van der Waals surface area contributed by atoms with E-state index < -0.39 is 30.0 Å². The number of halogens is 1. The first-order chi connectivity index (χ1) is 12.1. The van der Waals surface area contributed by atoms with Crippen molar-refractivity contribution < 1.29 is 18.8 Å². The summed E-state index contributed by atoms with van der Waals surface area (Å²) >= 11 is 6.63. The molecule has 7 heteroatoms. The van der Waals surface area contributed by atoms with Crippen molar-refractivity contribution in [1.82, 2.24) is 5.32 Å². The van der Waals surface area contributed by atoms with Crippen LogP contribution in [0.3, 0.4) is 0 Å². The number of amides is 1. The number of hydrogen-bond acceptors (Lipinski definition) is 4. The third kappa shape index (κ3) is 4.79. The second kappa shape index (κ2) is 7.30. The molecule has 1 amide bonds. The van der Waals surface area contributed by atoms with Gasteiger partial charge in [0.05, 0.1) is 17.2 Å². The maximum Gasteiger partial charge on any atom is 0.495 e. The second-order valence-corrected chi connectivity index (χ2v) is 9.52. The predicted octanol–water partition coefficient (Wildman–Crippen LogP) is 4.53. The fourth-order valence-corrected chi connectivity index (χ4v) is 3.18. The van der Waals surface area contributed by atoms with Gasteiger partial charge in [-0.25, -0.2) is 4.79 Å². The van der Waals surface area contributed by atoms with Crippen LogP contribution in [-0.2, 0) is 14.0 Å². The van der Waals surface area contributed by atoms with Crippen molar-refractivity contribution in [2.45, 2.75) is 85.2 Å². The highest BCUT2D eigenvalue weighted by atomic mass is 35.5. The van der Waals surface area contributed by atoms with E-state index in [1.807, 2.05) is 74.4 Å². The summed E-state index contributed by atoms with van der Waals surface area (Å²) < 4.78 is 17.6. The van der Waals surface area contributed by atoms with E-state index >= 15 is 0 Å². The summed E-state index contributed by atoms with van der Waals surface area (Å²) in [7, 11) is -0.476. The maximum atomic E-state index is 12.0. The molecule has 1 aromatic rings. The van der Waals surface area contributed by atoms with Crippen LogP contribution in [0, 0.1) is 6.92 Å². The van der Waals surface area contributed by atoms with Gasteiger partial charge in [-0.15, -0.1) is 0 Å². The Kier molecular flexibility index (Phi) is 5.97. The topological polar surface area (TPSA) is 56.8 Å². The Morgan fingerprint density at radius 3 is 2.19 bits per heavy atom. The van der Waals surface area contributed by atoms with Gasteiger partial charge in [0.25, 0.3) is 0 Å². The Bertz CT molecular complexity index is 711. The van der Waals surface area contributed by atoms with Crippen LogP contribution in [0.15, 0.2) is 12.1 Å². The summed E-state index contributed by atoms with van der Waals surface area (Å²) in [5.74, 6) is 0. The Balaban J connectivity index is 2.21. The molecule has 1 atom stereocenters. The van der Waals surface area contributed by atoms with Crippen LogP contribution in [0.4, 0.5) is 4.79 Å². The van der Waals surface area contributed by atoms with Crippen LogP contribution in [0.25, 0.3) is 0 Å². The zero-order valence-corrected chi connectivity index (χ0v) is 18.6. The number of carbonyl (C=O) groups excluding carboxylic acids is 1. The molecule has 1 saturated heterocycles. The minimum atomic E-state index is -0.551. The fourth-order valence-electron chi connectivity index (χ4n) is 2.84. The van der Waals surface area contributed by atoms with Gasteiger partial charge in [-0.2, -0.15) is 0 Å². The number of ether oxygens (including phenoxy) is 1. The highest BCUT2D eigenvalue weighted by Crippen LogP contribution is 2.37. The first-order valence-corrected chi connectivity index (χ1v) is 9.66. The normalized spacial score (nSPS) is 19.7. The number of benzene rings is 1. The summed E-state index contributed by atoms with van der Waals surface area (Å²) in [4.78, 5) is 12.0. The predicted molar refractivity (Wildman–Crippen MR) is 110 cm³/mol. The number of alkyl carbamates (subject to hydrolysis) is 1. The van der Waals surface area contributed by atoms with Gasteiger partial charge < -0.3 is 19.4 Å². The van der Waals surface area contributed by atoms with Gasteiger partial charge in [-0.1, -0.05) is 23.7 Å². The molecule has 0 saturated carbocycles. The lowest BCUT2D eigenvalue weighted by Crippen LogP contribution is -2.41. The number of carbonyl (C=O) groups is 1. The van der Waals surface area contributed by atoms with Gasteiger partial charge in [0.2, 0.25) is 0 Å². The summed E-state index contributed by atoms with van der Waals surface area (Å²) in [5.41, 5.74) is 1.21. The molecule has 1 aromatic carbocycles. The highest BCUT2D eigenvalue weighted by Gasteiger charge is 2.52. The zero-order valence-electron chi connectivity index (χ0n) is 17.8. The van der Waals surface area contributed by atoms with E-state index in [9.17, 15) is 4.79 Å². The van der Waals surface area contributed by atoms with E-state index in [-0.39, 0.29) is 6.04 Å². The monoisotopic (exact) mass is 395 g/mol. The second-order valence-electron chi connectivity index (χ2n) is 9.14. The molecule has 1 aliphatic rings. The van der Waals surface area contributed by atoms with Crippen molar-refractivity contribution in [1.29, 1.82) is 0 Å². The van der Waals surface area contributed by atoms with E-state index in [4.69, 9.17) is 25.6 Å². The van der Waals surface area contributed by atoms with Crippen molar-refractivity contribution in [3.63, 3.8) is 0 Å². The van der Waals surface area contributed by atoms with E-state index in [1.165, 1.54) is 0 Å². The molecule has 1 N–H and O–H groups in total. The first-order valence-electron chi connectivity index (χ1n) is 9.29. The lowest BCUT2D eigenvalue weighted by atomic mass is 9.75. The minimum absolute atomic E-state index is 0.293. The molecule has 0 aliphatic carbocycles. The third-order valence-electron chi connectivity index (χ3n) is 5.17. The molecule has 2 rings (SSSR count). The Morgan fingerprint density at radius 1 is 1.19 bits per heavy atom. The van der Waals surface area contributed by atoms with E-state index in [0.29, 0.717) is 5.02 Å². The van der Waals surface area contributed by atoms with Crippen LogP contribution in [0.5, 0.6) is 0 Å². The summed E-state index contributed by atoms with van der Waals surface area (Å²) in [6.45, 7) is 17.4. The Labute approximate surface area is 168 Å². The van der Waals surface area contributed by atoms with Crippen molar-refractivity contribution in [3.8, 4) is 0 Å². The zero-order chi connectivity index (χ0) is 20.8. The standard InChI is InChI=1S/C20H31BClNO4/c1-12-15(21-26-19(6,7)20(8,9)27-21)11-10-14(16(12)22)13(2)23-17(24)25-18(3,4)5/h10-11,13H,1-9H3,(H,23,24)/t13-/m1/s1.